The lowest BCUT2D eigenvalue weighted by atomic mass is 10.2. The molecular weight excluding hydrogens is 458 g/mol. The fraction of sp³-hybridized carbons (Fsp3) is 0.391. The predicted molar refractivity (Wildman–Crippen MR) is 131 cm³/mol. The highest BCUT2D eigenvalue weighted by molar-refractivity contribution is 8.18. The van der Waals surface area contributed by atoms with Crippen LogP contribution in [0.25, 0.3) is 6.08 Å². The van der Waals surface area contributed by atoms with E-state index in [0.29, 0.717) is 15.8 Å². The Kier molecular flexibility index (Phi) is 6.22. The number of thiazole rings is 1. The Morgan fingerprint density at radius 3 is 2.85 bits per heavy atom. The van der Waals surface area contributed by atoms with Gasteiger partial charge in [0, 0.05) is 30.2 Å². The van der Waals surface area contributed by atoms with Crippen LogP contribution in [-0.4, -0.2) is 64.2 Å². The Labute approximate surface area is 200 Å². The highest BCUT2D eigenvalue weighted by Crippen LogP contribution is 2.36. The van der Waals surface area contributed by atoms with Gasteiger partial charge in [0.2, 0.25) is 0 Å². The van der Waals surface area contributed by atoms with Gasteiger partial charge in [-0.25, -0.2) is 14.7 Å². The number of carbonyl (C=O) groups is 2. The number of ether oxygens (including phenoxy) is 1. The molecular formula is C23H25N5O3S2. The Morgan fingerprint density at radius 1 is 1.33 bits per heavy atom. The monoisotopic (exact) mass is 483 g/mol. The average Bonchev–Trinajstić information content (AvgIpc) is 3.14. The summed E-state index contributed by atoms with van der Waals surface area (Å²) in [5.41, 5.74) is 3.32. The number of imide groups is 1. The Morgan fingerprint density at radius 2 is 2.18 bits per heavy atom. The molecule has 0 radical (unpaired) electrons. The summed E-state index contributed by atoms with van der Waals surface area (Å²) in [6.45, 7) is 3.91. The molecule has 2 saturated heterocycles. The number of aliphatic imine (C=N–C) groups is 1. The minimum absolute atomic E-state index is 0.138. The SMILES string of the molecule is Cc1cc(OC2CCN(C)C2)ccc1N=C1SC(=Cc2cncs2)C(=O)N1C(=O)NC1CC1. The number of rotatable bonds is 5. The fourth-order valence-electron chi connectivity index (χ4n) is 3.73. The lowest BCUT2D eigenvalue weighted by molar-refractivity contribution is -0.120. The van der Waals surface area contributed by atoms with Gasteiger partial charge in [-0.05, 0) is 74.8 Å². The van der Waals surface area contributed by atoms with Crippen molar-refractivity contribution >= 4 is 52.0 Å². The lowest BCUT2D eigenvalue weighted by Gasteiger charge is -2.16. The molecule has 1 aromatic heterocycles. The Balaban J connectivity index is 1.40. The molecule has 3 heterocycles. The number of hydrogen-bond donors (Lipinski definition) is 1. The molecule has 1 unspecified atom stereocenters. The Hall–Kier alpha value is -2.69. The highest BCUT2D eigenvalue weighted by atomic mass is 32.2. The van der Waals surface area contributed by atoms with Crippen LogP contribution in [0.2, 0.25) is 0 Å². The van der Waals surface area contributed by atoms with E-state index < -0.39 is 6.03 Å². The van der Waals surface area contributed by atoms with E-state index in [-0.39, 0.29) is 18.1 Å². The molecule has 1 aromatic carbocycles. The average molecular weight is 484 g/mol. The second kappa shape index (κ2) is 9.28. The van der Waals surface area contributed by atoms with Crippen molar-refractivity contribution in [2.75, 3.05) is 20.1 Å². The number of amidine groups is 1. The van der Waals surface area contributed by atoms with E-state index in [4.69, 9.17) is 9.73 Å². The van der Waals surface area contributed by atoms with Crippen LogP contribution in [0.5, 0.6) is 5.75 Å². The summed E-state index contributed by atoms with van der Waals surface area (Å²) in [7, 11) is 2.09. The first-order chi connectivity index (χ1) is 16.0. The molecule has 1 atom stereocenters. The van der Waals surface area contributed by atoms with Gasteiger partial charge in [0.1, 0.15) is 11.9 Å². The van der Waals surface area contributed by atoms with Crippen LogP contribution in [0.1, 0.15) is 29.7 Å². The summed E-state index contributed by atoms with van der Waals surface area (Å²) in [6, 6.07) is 5.45. The molecule has 1 N–H and O–H groups in total. The van der Waals surface area contributed by atoms with E-state index in [0.717, 1.165) is 53.4 Å². The molecule has 3 amide bonds. The third-order valence-electron chi connectivity index (χ3n) is 5.67. The van der Waals surface area contributed by atoms with Gasteiger partial charge in [-0.15, -0.1) is 11.3 Å². The van der Waals surface area contributed by atoms with Crippen LogP contribution >= 0.6 is 23.1 Å². The number of likely N-dealkylation sites (tertiary alicyclic amines) is 1. The van der Waals surface area contributed by atoms with Gasteiger partial charge < -0.3 is 15.0 Å². The normalized spacial score (nSPS) is 23.6. The molecule has 2 aromatic rings. The number of nitrogens with zero attached hydrogens (tertiary/aromatic N) is 4. The first-order valence-corrected chi connectivity index (χ1v) is 12.6. The summed E-state index contributed by atoms with van der Waals surface area (Å²) in [5.74, 6) is 0.439. The van der Waals surface area contributed by atoms with Crippen molar-refractivity contribution in [3.63, 3.8) is 0 Å². The lowest BCUT2D eigenvalue weighted by Crippen LogP contribution is -2.43. The standard InChI is InChI=1S/C23H25N5O3S2/c1-14-9-16(31-17-7-8-27(2)12-17)5-6-19(14)26-23-28(22(30)25-15-3-4-15)21(29)20(33-23)10-18-11-24-13-32-18/h5-6,9-11,13,15,17H,3-4,7-8,12H2,1-2H3,(H,25,30). The van der Waals surface area contributed by atoms with E-state index in [2.05, 4.69) is 22.2 Å². The molecule has 1 saturated carbocycles. The predicted octanol–water partition coefficient (Wildman–Crippen LogP) is 4.01. The molecule has 10 heteroatoms. The molecule has 5 rings (SSSR count). The quantitative estimate of drug-likeness (QED) is 0.647. The maximum atomic E-state index is 13.1. The van der Waals surface area contributed by atoms with Crippen molar-refractivity contribution in [2.45, 2.75) is 38.3 Å². The minimum atomic E-state index is -0.426. The second-order valence-electron chi connectivity index (χ2n) is 8.51. The summed E-state index contributed by atoms with van der Waals surface area (Å²) >= 11 is 2.64. The molecule has 0 spiro atoms. The zero-order valence-electron chi connectivity index (χ0n) is 18.5. The van der Waals surface area contributed by atoms with E-state index >= 15 is 0 Å². The van der Waals surface area contributed by atoms with Crippen LogP contribution < -0.4 is 10.1 Å². The molecule has 3 fully saturated rings. The first kappa shape index (κ1) is 22.1. The third-order valence-corrected chi connectivity index (χ3v) is 7.37. The van der Waals surface area contributed by atoms with E-state index in [1.54, 1.807) is 17.8 Å². The van der Waals surface area contributed by atoms with Gasteiger partial charge in [0.15, 0.2) is 5.17 Å². The maximum Gasteiger partial charge on any atom is 0.330 e. The number of thioether (sulfide) groups is 1. The summed E-state index contributed by atoms with van der Waals surface area (Å²) in [4.78, 5) is 39.4. The van der Waals surface area contributed by atoms with Crippen molar-refractivity contribution in [3.05, 3.63) is 45.3 Å². The first-order valence-electron chi connectivity index (χ1n) is 10.9. The number of benzene rings is 1. The van der Waals surface area contributed by atoms with Gasteiger partial charge in [-0.2, -0.15) is 0 Å². The number of aryl methyl sites for hydroxylation is 1. The van der Waals surface area contributed by atoms with Crippen LogP contribution in [0.3, 0.4) is 0 Å². The highest BCUT2D eigenvalue weighted by Gasteiger charge is 2.40. The van der Waals surface area contributed by atoms with Gasteiger partial charge >= 0.3 is 6.03 Å². The number of likely N-dealkylation sites (N-methyl/N-ethyl adjacent to an activating group) is 1. The van der Waals surface area contributed by atoms with Crippen molar-refractivity contribution in [1.29, 1.82) is 0 Å². The smallest absolute Gasteiger partial charge is 0.330 e. The van der Waals surface area contributed by atoms with E-state index in [9.17, 15) is 9.59 Å². The maximum absolute atomic E-state index is 13.1. The van der Waals surface area contributed by atoms with E-state index in [1.165, 1.54) is 23.1 Å². The van der Waals surface area contributed by atoms with Gasteiger partial charge in [-0.1, -0.05) is 0 Å². The van der Waals surface area contributed by atoms with Crippen LogP contribution in [0, 0.1) is 6.92 Å². The zero-order chi connectivity index (χ0) is 22.9. The number of carbonyl (C=O) groups excluding carboxylic acids is 2. The van der Waals surface area contributed by atoms with Crippen molar-refractivity contribution < 1.29 is 14.3 Å². The van der Waals surface area contributed by atoms with Crippen molar-refractivity contribution in [3.8, 4) is 5.75 Å². The molecule has 172 valence electrons. The Bertz CT molecular complexity index is 1130. The summed E-state index contributed by atoms with van der Waals surface area (Å²) in [5, 5.41) is 3.25. The van der Waals surface area contributed by atoms with E-state index in [1.807, 2.05) is 25.1 Å². The van der Waals surface area contributed by atoms with Gasteiger partial charge in [0.25, 0.3) is 5.91 Å². The van der Waals surface area contributed by atoms with Crippen LogP contribution in [0.4, 0.5) is 10.5 Å². The molecule has 0 bridgehead atoms. The molecule has 1 aliphatic carbocycles. The number of amides is 3. The molecule has 33 heavy (non-hydrogen) atoms. The topological polar surface area (TPSA) is 87.1 Å². The number of urea groups is 1. The van der Waals surface area contributed by atoms with Gasteiger partial charge in [-0.3, -0.25) is 9.78 Å². The number of hydrogen-bond acceptors (Lipinski definition) is 8. The second-order valence-corrected chi connectivity index (χ2v) is 10.4. The van der Waals surface area contributed by atoms with Crippen LogP contribution in [-0.2, 0) is 4.79 Å². The molecule has 3 aliphatic rings. The summed E-state index contributed by atoms with van der Waals surface area (Å²) < 4.78 is 6.12. The van der Waals surface area contributed by atoms with Gasteiger partial charge in [0.05, 0.1) is 16.1 Å². The van der Waals surface area contributed by atoms with Crippen molar-refractivity contribution in [2.24, 2.45) is 4.99 Å². The number of nitrogens with one attached hydrogen (secondary N) is 1. The zero-order valence-corrected chi connectivity index (χ0v) is 20.1. The fourth-order valence-corrected chi connectivity index (χ4v) is 5.32. The molecule has 8 nitrogen and oxygen atoms in total. The van der Waals surface area contributed by atoms with Crippen LogP contribution in [0.15, 0.2) is 39.8 Å². The van der Waals surface area contributed by atoms with Crippen molar-refractivity contribution in [1.82, 2.24) is 20.1 Å². The third kappa shape index (κ3) is 5.13. The molecule has 2 aliphatic heterocycles. The minimum Gasteiger partial charge on any atom is -0.489 e. The number of aromatic nitrogens is 1. The largest absolute Gasteiger partial charge is 0.489 e. The summed E-state index contributed by atoms with van der Waals surface area (Å²) in [6.07, 6.45) is 6.53.